The predicted molar refractivity (Wildman–Crippen MR) is 103 cm³/mol. The van der Waals surface area contributed by atoms with E-state index in [2.05, 4.69) is 50.2 Å². The first-order valence-electron chi connectivity index (χ1n) is 9.21. The summed E-state index contributed by atoms with van der Waals surface area (Å²) in [5.41, 5.74) is 10.1. The second-order valence-electron chi connectivity index (χ2n) is 7.38. The van der Waals surface area contributed by atoms with Crippen molar-refractivity contribution in [3.8, 4) is 0 Å². The number of hydrogen-bond acceptors (Lipinski definition) is 2. The molecule has 3 rings (SSSR count). The molecule has 1 saturated heterocycles. The van der Waals surface area contributed by atoms with E-state index >= 15 is 0 Å². The van der Waals surface area contributed by atoms with Crippen LogP contribution in [-0.2, 0) is 11.2 Å². The Balaban J connectivity index is 1.55. The maximum Gasteiger partial charge on any atom is 0.222 e. The molecule has 1 aliphatic rings. The Morgan fingerprint density at radius 3 is 2.40 bits per heavy atom. The zero-order valence-corrected chi connectivity index (χ0v) is 15.2. The summed E-state index contributed by atoms with van der Waals surface area (Å²) in [6, 6.07) is 18.9. The van der Waals surface area contributed by atoms with E-state index in [1.807, 2.05) is 23.1 Å². The number of nitrogens with two attached hydrogens (primary N) is 1. The summed E-state index contributed by atoms with van der Waals surface area (Å²) in [5, 5.41) is 0. The summed E-state index contributed by atoms with van der Waals surface area (Å²) >= 11 is 0. The third-order valence-electron chi connectivity index (χ3n) is 5.22. The van der Waals surface area contributed by atoms with Crippen molar-refractivity contribution in [2.24, 2.45) is 5.73 Å². The Morgan fingerprint density at radius 2 is 1.76 bits per heavy atom. The minimum Gasteiger partial charge on any atom is -0.340 e. The molecule has 1 fully saturated rings. The Morgan fingerprint density at radius 1 is 1.08 bits per heavy atom. The fourth-order valence-corrected chi connectivity index (χ4v) is 3.56. The summed E-state index contributed by atoms with van der Waals surface area (Å²) in [5.74, 6) is 0.994. The van der Waals surface area contributed by atoms with Crippen molar-refractivity contribution >= 4 is 5.91 Å². The molecule has 2 atom stereocenters. The SMILES string of the molecule is CC(C)c1ccc(CCC(=O)N2C[C@@H](N)[C@H](c3ccccc3)C2)cc1. The quantitative estimate of drug-likeness (QED) is 0.905. The minimum absolute atomic E-state index is 0.0247. The minimum atomic E-state index is 0.0247. The largest absolute Gasteiger partial charge is 0.340 e. The molecule has 1 amide bonds. The Kier molecular flexibility index (Phi) is 5.54. The predicted octanol–water partition coefficient (Wildman–Crippen LogP) is 3.70. The summed E-state index contributed by atoms with van der Waals surface area (Å²) < 4.78 is 0. The van der Waals surface area contributed by atoms with Crippen molar-refractivity contribution in [3.63, 3.8) is 0 Å². The van der Waals surface area contributed by atoms with Gasteiger partial charge in [0.2, 0.25) is 5.91 Å². The molecule has 0 radical (unpaired) electrons. The van der Waals surface area contributed by atoms with Gasteiger partial charge < -0.3 is 10.6 Å². The summed E-state index contributed by atoms with van der Waals surface area (Å²) in [6.07, 6.45) is 1.34. The van der Waals surface area contributed by atoms with E-state index in [0.717, 1.165) is 13.0 Å². The second kappa shape index (κ2) is 7.83. The number of hydrogen-bond donors (Lipinski definition) is 1. The van der Waals surface area contributed by atoms with Crippen LogP contribution in [0.5, 0.6) is 0 Å². The van der Waals surface area contributed by atoms with Crippen molar-refractivity contribution in [2.75, 3.05) is 13.1 Å². The molecule has 0 aromatic heterocycles. The molecule has 1 aliphatic heterocycles. The van der Waals surface area contributed by atoms with Crippen LogP contribution in [0.4, 0.5) is 0 Å². The number of benzene rings is 2. The average Bonchev–Trinajstić information content (AvgIpc) is 3.02. The monoisotopic (exact) mass is 336 g/mol. The first kappa shape index (κ1) is 17.7. The number of carbonyl (C=O) groups excluding carboxylic acids is 1. The van der Waals surface area contributed by atoms with Crippen LogP contribution in [-0.4, -0.2) is 29.9 Å². The Labute approximate surface area is 150 Å². The van der Waals surface area contributed by atoms with Gasteiger partial charge in [0.1, 0.15) is 0 Å². The number of aryl methyl sites for hydroxylation is 1. The zero-order chi connectivity index (χ0) is 17.8. The maximum absolute atomic E-state index is 12.6. The molecular formula is C22H28N2O. The number of carbonyl (C=O) groups is 1. The Hall–Kier alpha value is -2.13. The van der Waals surface area contributed by atoms with Gasteiger partial charge in [-0.2, -0.15) is 0 Å². The van der Waals surface area contributed by atoms with Crippen molar-refractivity contribution in [1.29, 1.82) is 0 Å². The van der Waals surface area contributed by atoms with Gasteiger partial charge in [0, 0.05) is 31.5 Å². The Bertz CT molecular complexity index is 694. The van der Waals surface area contributed by atoms with E-state index in [4.69, 9.17) is 5.73 Å². The van der Waals surface area contributed by atoms with Gasteiger partial charge in [0.15, 0.2) is 0 Å². The fourth-order valence-electron chi connectivity index (χ4n) is 3.56. The van der Waals surface area contributed by atoms with Gasteiger partial charge in [0.25, 0.3) is 0 Å². The molecule has 132 valence electrons. The molecule has 0 aliphatic carbocycles. The van der Waals surface area contributed by atoms with Crippen molar-refractivity contribution < 1.29 is 4.79 Å². The van der Waals surface area contributed by atoms with Crippen molar-refractivity contribution in [1.82, 2.24) is 4.90 Å². The van der Waals surface area contributed by atoms with Crippen LogP contribution in [0, 0.1) is 0 Å². The summed E-state index contributed by atoms with van der Waals surface area (Å²) in [4.78, 5) is 14.5. The first-order chi connectivity index (χ1) is 12.0. The van der Waals surface area contributed by atoms with Crippen molar-refractivity contribution in [3.05, 3.63) is 71.3 Å². The van der Waals surface area contributed by atoms with Gasteiger partial charge in [-0.15, -0.1) is 0 Å². The van der Waals surface area contributed by atoms with Crippen molar-refractivity contribution in [2.45, 2.75) is 44.6 Å². The number of rotatable bonds is 5. The molecule has 3 heteroatoms. The van der Waals surface area contributed by atoms with Crippen LogP contribution in [0.3, 0.4) is 0 Å². The highest BCUT2D eigenvalue weighted by atomic mass is 16.2. The lowest BCUT2D eigenvalue weighted by Gasteiger charge is -2.16. The standard InChI is InChI=1S/C22H28N2O/c1-16(2)18-11-8-17(9-12-18)10-13-22(25)24-14-20(21(23)15-24)19-6-4-3-5-7-19/h3-9,11-12,16,20-21H,10,13-15,23H2,1-2H3/t20-,21+/m0/s1. The zero-order valence-electron chi connectivity index (χ0n) is 15.2. The highest BCUT2D eigenvalue weighted by molar-refractivity contribution is 5.77. The second-order valence-corrected chi connectivity index (χ2v) is 7.38. The molecule has 2 aromatic carbocycles. The van der Waals surface area contributed by atoms with E-state index in [-0.39, 0.29) is 17.9 Å². The molecule has 1 heterocycles. The van der Waals surface area contributed by atoms with Crippen LogP contribution in [0.25, 0.3) is 0 Å². The van der Waals surface area contributed by atoms with Crippen LogP contribution >= 0.6 is 0 Å². The average molecular weight is 336 g/mol. The van der Waals surface area contributed by atoms with E-state index in [0.29, 0.717) is 18.9 Å². The van der Waals surface area contributed by atoms with Gasteiger partial charge in [-0.05, 0) is 29.0 Å². The molecule has 3 nitrogen and oxygen atoms in total. The normalized spacial score (nSPS) is 20.2. The lowest BCUT2D eigenvalue weighted by molar-refractivity contribution is -0.130. The number of nitrogens with zero attached hydrogens (tertiary/aromatic N) is 1. The maximum atomic E-state index is 12.6. The molecule has 25 heavy (non-hydrogen) atoms. The van der Waals surface area contributed by atoms with E-state index in [1.54, 1.807) is 0 Å². The third kappa shape index (κ3) is 4.29. The third-order valence-corrected chi connectivity index (χ3v) is 5.22. The van der Waals surface area contributed by atoms with Gasteiger partial charge in [-0.25, -0.2) is 0 Å². The van der Waals surface area contributed by atoms with Crippen LogP contribution < -0.4 is 5.73 Å². The van der Waals surface area contributed by atoms with Gasteiger partial charge in [-0.1, -0.05) is 68.4 Å². The molecule has 2 aromatic rings. The van der Waals surface area contributed by atoms with E-state index < -0.39 is 0 Å². The lowest BCUT2D eigenvalue weighted by atomic mass is 9.95. The topological polar surface area (TPSA) is 46.3 Å². The van der Waals surface area contributed by atoms with Crippen LogP contribution in [0.1, 0.15) is 48.8 Å². The molecule has 2 N–H and O–H groups in total. The van der Waals surface area contributed by atoms with Gasteiger partial charge in [0.05, 0.1) is 0 Å². The highest BCUT2D eigenvalue weighted by Gasteiger charge is 2.33. The number of amides is 1. The first-order valence-corrected chi connectivity index (χ1v) is 9.21. The molecular weight excluding hydrogens is 308 g/mol. The van der Waals surface area contributed by atoms with Gasteiger partial charge >= 0.3 is 0 Å². The highest BCUT2D eigenvalue weighted by Crippen LogP contribution is 2.27. The number of likely N-dealkylation sites (tertiary alicyclic amines) is 1. The van der Waals surface area contributed by atoms with Gasteiger partial charge in [-0.3, -0.25) is 4.79 Å². The van der Waals surface area contributed by atoms with E-state index in [9.17, 15) is 4.79 Å². The molecule has 0 spiro atoms. The lowest BCUT2D eigenvalue weighted by Crippen LogP contribution is -2.32. The smallest absolute Gasteiger partial charge is 0.222 e. The summed E-state index contributed by atoms with van der Waals surface area (Å²) in [7, 11) is 0. The van der Waals surface area contributed by atoms with Crippen LogP contribution in [0.15, 0.2) is 54.6 Å². The molecule has 0 unspecified atom stereocenters. The van der Waals surface area contributed by atoms with E-state index in [1.165, 1.54) is 16.7 Å². The fraction of sp³-hybridized carbons (Fsp3) is 0.409. The molecule has 0 bridgehead atoms. The van der Waals surface area contributed by atoms with Crippen LogP contribution in [0.2, 0.25) is 0 Å². The summed E-state index contributed by atoms with van der Waals surface area (Å²) in [6.45, 7) is 5.78. The molecule has 0 saturated carbocycles.